The van der Waals surface area contributed by atoms with Gasteiger partial charge in [0.25, 0.3) is 0 Å². The molecule has 2 rings (SSSR count). The van der Waals surface area contributed by atoms with E-state index in [9.17, 15) is 0 Å². The molecule has 26 heavy (non-hydrogen) atoms. The van der Waals surface area contributed by atoms with Crippen LogP contribution in [-0.4, -0.2) is 33.9 Å². The molecule has 0 unspecified atom stereocenters. The Morgan fingerprint density at radius 1 is 1.27 bits per heavy atom. The summed E-state index contributed by atoms with van der Waals surface area (Å²) in [4.78, 5) is 4.67. The van der Waals surface area contributed by atoms with Gasteiger partial charge in [0.05, 0.1) is 19.7 Å². The molecule has 8 heteroatoms. The molecule has 0 fully saturated rings. The molecule has 0 amide bonds. The van der Waals surface area contributed by atoms with Crippen LogP contribution in [0.5, 0.6) is 5.75 Å². The Bertz CT molecular complexity index is 701. The second kappa shape index (κ2) is 11.7. The largest absolute Gasteiger partial charge is 0.493 e. The monoisotopic (exact) mass is 472 g/mol. The minimum absolute atomic E-state index is 0. The number of hydrogen-bond donors (Lipinski definition) is 2. The van der Waals surface area contributed by atoms with Gasteiger partial charge in [0.15, 0.2) is 11.8 Å². The predicted octanol–water partition coefficient (Wildman–Crippen LogP) is 2.79. The van der Waals surface area contributed by atoms with Crippen LogP contribution in [0.4, 0.5) is 0 Å². The van der Waals surface area contributed by atoms with E-state index in [4.69, 9.17) is 4.74 Å². The first-order valence-electron chi connectivity index (χ1n) is 8.71. The Morgan fingerprint density at radius 2 is 2.08 bits per heavy atom. The number of hydrogen-bond acceptors (Lipinski definition) is 4. The first-order chi connectivity index (χ1) is 12.1. The third-order valence-corrected chi connectivity index (χ3v) is 3.66. The molecule has 0 saturated heterocycles. The van der Waals surface area contributed by atoms with Crippen LogP contribution >= 0.6 is 24.0 Å². The van der Waals surface area contributed by atoms with E-state index in [-0.39, 0.29) is 24.0 Å². The highest BCUT2D eigenvalue weighted by Crippen LogP contribution is 2.21. The number of aryl methyl sites for hydroxylation is 2. The van der Waals surface area contributed by atoms with Gasteiger partial charge in [-0.2, -0.15) is 0 Å². The highest BCUT2D eigenvalue weighted by molar-refractivity contribution is 14.0. The summed E-state index contributed by atoms with van der Waals surface area (Å²) in [6.07, 6.45) is 2.67. The van der Waals surface area contributed by atoms with Gasteiger partial charge in [-0.3, -0.25) is 0 Å². The van der Waals surface area contributed by atoms with Crippen molar-refractivity contribution in [2.75, 3.05) is 13.2 Å². The molecule has 1 aromatic carbocycles. The highest BCUT2D eigenvalue weighted by atomic mass is 127. The third-order valence-electron chi connectivity index (χ3n) is 3.66. The van der Waals surface area contributed by atoms with Crippen molar-refractivity contribution in [3.05, 3.63) is 41.5 Å². The minimum Gasteiger partial charge on any atom is -0.493 e. The Balaban J connectivity index is 0.00000338. The Morgan fingerprint density at radius 3 is 2.73 bits per heavy atom. The summed E-state index contributed by atoms with van der Waals surface area (Å²) in [7, 11) is 1.92. The summed E-state index contributed by atoms with van der Waals surface area (Å²) in [5.74, 6) is 2.51. The minimum atomic E-state index is 0. The van der Waals surface area contributed by atoms with Gasteiger partial charge < -0.3 is 19.9 Å². The first-order valence-corrected chi connectivity index (χ1v) is 8.71. The standard InChI is InChI=1S/C18H28N6O.HI/c1-5-9-25-16-10-14(3)7-8-15(16)11-20-18(19-6-2)21-12-17-23-22-13-24(17)4;/h7-8,10,13H,5-6,9,11-12H2,1-4H3,(H2,19,20,21);1H. The van der Waals surface area contributed by atoms with E-state index in [2.05, 4.69) is 57.9 Å². The molecule has 2 N–H and O–H groups in total. The van der Waals surface area contributed by atoms with Crippen LogP contribution in [0.3, 0.4) is 0 Å². The molecule has 0 saturated carbocycles. The zero-order valence-electron chi connectivity index (χ0n) is 16.0. The molecule has 7 nitrogen and oxygen atoms in total. The van der Waals surface area contributed by atoms with Crippen LogP contribution in [0.1, 0.15) is 37.2 Å². The molecular weight excluding hydrogens is 443 g/mol. The molecule has 144 valence electrons. The lowest BCUT2D eigenvalue weighted by Crippen LogP contribution is -2.37. The maximum atomic E-state index is 5.86. The lowest BCUT2D eigenvalue weighted by atomic mass is 10.1. The fourth-order valence-electron chi connectivity index (χ4n) is 2.27. The number of aliphatic imine (C=N–C) groups is 1. The normalized spacial score (nSPS) is 11.0. The average molecular weight is 472 g/mol. The van der Waals surface area contributed by atoms with E-state index in [1.807, 2.05) is 18.5 Å². The van der Waals surface area contributed by atoms with Crippen LogP contribution in [0.25, 0.3) is 0 Å². The van der Waals surface area contributed by atoms with Gasteiger partial charge in [-0.05, 0) is 31.9 Å². The van der Waals surface area contributed by atoms with E-state index in [1.165, 1.54) is 5.56 Å². The predicted molar refractivity (Wildman–Crippen MR) is 115 cm³/mol. The SMILES string of the molecule is CCCOc1cc(C)ccc1CN=C(NCC)NCc1nncn1C.I. The van der Waals surface area contributed by atoms with Crippen molar-refractivity contribution in [2.45, 2.75) is 40.3 Å². The highest BCUT2D eigenvalue weighted by Gasteiger charge is 2.06. The molecule has 0 atom stereocenters. The smallest absolute Gasteiger partial charge is 0.191 e. The molecule has 0 aliphatic rings. The maximum Gasteiger partial charge on any atom is 0.191 e. The lowest BCUT2D eigenvalue weighted by Gasteiger charge is -2.13. The van der Waals surface area contributed by atoms with E-state index >= 15 is 0 Å². The van der Waals surface area contributed by atoms with E-state index < -0.39 is 0 Å². The molecule has 2 aromatic rings. The molecule has 1 aromatic heterocycles. The molecule has 0 bridgehead atoms. The number of nitrogens with zero attached hydrogens (tertiary/aromatic N) is 4. The number of benzene rings is 1. The molecule has 0 spiro atoms. The van der Waals surface area contributed by atoms with Crippen molar-refractivity contribution >= 4 is 29.9 Å². The quantitative estimate of drug-likeness (QED) is 0.351. The Kier molecular flexibility index (Phi) is 10.0. The number of guanidine groups is 1. The van der Waals surface area contributed by atoms with E-state index in [0.29, 0.717) is 19.7 Å². The van der Waals surface area contributed by atoms with Crippen molar-refractivity contribution in [1.29, 1.82) is 0 Å². The van der Waals surface area contributed by atoms with Crippen LogP contribution < -0.4 is 15.4 Å². The number of ether oxygens (including phenoxy) is 1. The molecule has 0 radical (unpaired) electrons. The van der Waals surface area contributed by atoms with Gasteiger partial charge in [0, 0.05) is 19.2 Å². The lowest BCUT2D eigenvalue weighted by molar-refractivity contribution is 0.314. The maximum absolute atomic E-state index is 5.86. The van der Waals surface area contributed by atoms with Gasteiger partial charge in [0.2, 0.25) is 0 Å². The number of rotatable bonds is 8. The topological polar surface area (TPSA) is 76.4 Å². The van der Waals surface area contributed by atoms with Crippen LogP contribution in [0.2, 0.25) is 0 Å². The van der Waals surface area contributed by atoms with Crippen LogP contribution in [0.15, 0.2) is 29.5 Å². The first kappa shape index (κ1) is 22.2. The van der Waals surface area contributed by atoms with Gasteiger partial charge >= 0.3 is 0 Å². The summed E-state index contributed by atoms with van der Waals surface area (Å²) in [5.41, 5.74) is 2.26. The third kappa shape index (κ3) is 6.81. The van der Waals surface area contributed by atoms with Crippen molar-refractivity contribution in [3.8, 4) is 5.75 Å². The molecule has 0 aliphatic heterocycles. The van der Waals surface area contributed by atoms with Crippen molar-refractivity contribution in [3.63, 3.8) is 0 Å². The van der Waals surface area contributed by atoms with Crippen molar-refractivity contribution in [1.82, 2.24) is 25.4 Å². The van der Waals surface area contributed by atoms with Gasteiger partial charge in [-0.15, -0.1) is 34.2 Å². The number of aromatic nitrogens is 3. The number of halogens is 1. The van der Waals surface area contributed by atoms with Crippen molar-refractivity contribution < 1.29 is 4.74 Å². The summed E-state index contributed by atoms with van der Waals surface area (Å²) in [6, 6.07) is 6.24. The Hall–Kier alpha value is -1.84. The summed E-state index contributed by atoms with van der Waals surface area (Å²) in [5, 5.41) is 14.5. The Labute approximate surface area is 172 Å². The molecule has 1 heterocycles. The zero-order chi connectivity index (χ0) is 18.1. The van der Waals surface area contributed by atoms with Crippen LogP contribution in [-0.2, 0) is 20.1 Å². The zero-order valence-corrected chi connectivity index (χ0v) is 18.3. The van der Waals surface area contributed by atoms with Crippen molar-refractivity contribution in [2.24, 2.45) is 12.0 Å². The fraction of sp³-hybridized carbons (Fsp3) is 0.500. The second-order valence-corrected chi connectivity index (χ2v) is 5.87. The summed E-state index contributed by atoms with van der Waals surface area (Å²) >= 11 is 0. The summed E-state index contributed by atoms with van der Waals surface area (Å²) in [6.45, 7) is 8.83. The van der Waals surface area contributed by atoms with Crippen LogP contribution in [0, 0.1) is 6.92 Å². The van der Waals surface area contributed by atoms with E-state index in [0.717, 1.165) is 36.1 Å². The molecular formula is C18H29IN6O. The van der Waals surface area contributed by atoms with Gasteiger partial charge in [-0.1, -0.05) is 19.1 Å². The van der Waals surface area contributed by atoms with Gasteiger partial charge in [-0.25, -0.2) is 4.99 Å². The fourth-order valence-corrected chi connectivity index (χ4v) is 2.27. The number of nitrogens with one attached hydrogen (secondary N) is 2. The second-order valence-electron chi connectivity index (χ2n) is 5.87. The summed E-state index contributed by atoms with van der Waals surface area (Å²) < 4.78 is 7.74. The molecule has 0 aliphatic carbocycles. The average Bonchev–Trinajstić information content (AvgIpc) is 3.01. The van der Waals surface area contributed by atoms with Gasteiger partial charge in [0.1, 0.15) is 12.1 Å². The van der Waals surface area contributed by atoms with E-state index in [1.54, 1.807) is 6.33 Å².